The van der Waals surface area contributed by atoms with Crippen molar-refractivity contribution in [2.75, 3.05) is 5.32 Å². The van der Waals surface area contributed by atoms with Gasteiger partial charge in [0.1, 0.15) is 10.7 Å². The highest BCUT2D eigenvalue weighted by Gasteiger charge is 2.35. The van der Waals surface area contributed by atoms with Gasteiger partial charge >= 0.3 is 5.97 Å². The van der Waals surface area contributed by atoms with E-state index in [1.165, 1.54) is 24.3 Å². The van der Waals surface area contributed by atoms with Gasteiger partial charge in [-0.1, -0.05) is 41.4 Å². The van der Waals surface area contributed by atoms with E-state index in [0.29, 0.717) is 37.3 Å². The van der Waals surface area contributed by atoms with Gasteiger partial charge < -0.3 is 10.4 Å². The number of rotatable bonds is 3. The molecule has 0 bridgehead atoms. The van der Waals surface area contributed by atoms with Crippen LogP contribution in [0.25, 0.3) is 11.1 Å². The molecule has 8 heteroatoms. The van der Waals surface area contributed by atoms with E-state index in [-0.39, 0.29) is 17.2 Å². The molecule has 1 amide bonds. The molecule has 28 heavy (non-hydrogen) atoms. The summed E-state index contributed by atoms with van der Waals surface area (Å²) >= 11 is 13.4. The molecule has 1 aliphatic heterocycles. The van der Waals surface area contributed by atoms with Gasteiger partial charge in [-0.15, -0.1) is 11.3 Å². The molecule has 4 rings (SSSR count). The number of fused-ring (bicyclic) bond motifs is 1. The molecule has 1 atom stereocenters. The third-order valence-electron chi connectivity index (χ3n) is 4.57. The van der Waals surface area contributed by atoms with Gasteiger partial charge in [0.05, 0.1) is 5.69 Å². The van der Waals surface area contributed by atoms with Gasteiger partial charge in [-0.3, -0.25) is 4.79 Å². The number of thiophene rings is 1. The van der Waals surface area contributed by atoms with Crippen molar-refractivity contribution in [2.24, 2.45) is 0 Å². The van der Waals surface area contributed by atoms with Crippen LogP contribution in [0.5, 0.6) is 0 Å². The summed E-state index contributed by atoms with van der Waals surface area (Å²) in [7, 11) is 0. The molecule has 0 saturated carbocycles. The van der Waals surface area contributed by atoms with E-state index in [9.17, 15) is 19.1 Å². The Morgan fingerprint density at radius 1 is 1.18 bits per heavy atom. The lowest BCUT2D eigenvalue weighted by molar-refractivity contribution is -0.116. The van der Waals surface area contributed by atoms with Crippen molar-refractivity contribution in [1.29, 1.82) is 0 Å². The van der Waals surface area contributed by atoms with Crippen molar-refractivity contribution in [3.8, 4) is 11.1 Å². The molecule has 4 nitrogen and oxygen atoms in total. The fourth-order valence-corrected chi connectivity index (χ4v) is 5.14. The van der Waals surface area contributed by atoms with Crippen LogP contribution in [0.2, 0.25) is 10.0 Å². The Labute approximate surface area is 173 Å². The molecule has 1 aromatic heterocycles. The van der Waals surface area contributed by atoms with Gasteiger partial charge in [0.2, 0.25) is 5.91 Å². The van der Waals surface area contributed by atoms with Crippen molar-refractivity contribution in [1.82, 2.24) is 0 Å². The van der Waals surface area contributed by atoms with Crippen LogP contribution in [-0.4, -0.2) is 17.0 Å². The average molecular weight is 436 g/mol. The highest BCUT2D eigenvalue weighted by atomic mass is 35.5. The fourth-order valence-electron chi connectivity index (χ4n) is 3.36. The molecule has 2 aromatic carbocycles. The first kappa shape index (κ1) is 18.9. The molecular formula is C20H12Cl2FNO3S. The van der Waals surface area contributed by atoms with Gasteiger partial charge in [-0.2, -0.15) is 0 Å². The van der Waals surface area contributed by atoms with Crippen LogP contribution in [0, 0.1) is 5.82 Å². The minimum Gasteiger partial charge on any atom is -0.477 e. The van der Waals surface area contributed by atoms with Crippen LogP contribution < -0.4 is 5.32 Å². The molecule has 0 saturated heterocycles. The van der Waals surface area contributed by atoms with Crippen molar-refractivity contribution in [2.45, 2.75) is 12.3 Å². The quantitative estimate of drug-likeness (QED) is 0.527. The molecule has 2 heterocycles. The summed E-state index contributed by atoms with van der Waals surface area (Å²) in [5.41, 5.74) is 2.02. The second-order valence-corrected chi connectivity index (χ2v) is 8.22. The van der Waals surface area contributed by atoms with Gasteiger partial charge in [-0.05, 0) is 35.4 Å². The molecule has 0 spiro atoms. The topological polar surface area (TPSA) is 66.4 Å². The number of carbonyl (C=O) groups excluding carboxylic acids is 1. The molecule has 142 valence electrons. The van der Waals surface area contributed by atoms with E-state index < -0.39 is 17.7 Å². The van der Waals surface area contributed by atoms with E-state index in [1.807, 2.05) is 0 Å². The van der Waals surface area contributed by atoms with Crippen LogP contribution in [0.15, 0.2) is 42.5 Å². The van der Waals surface area contributed by atoms with E-state index in [2.05, 4.69) is 5.32 Å². The normalized spacial score (nSPS) is 15.8. The van der Waals surface area contributed by atoms with E-state index in [1.54, 1.807) is 18.2 Å². The van der Waals surface area contributed by atoms with E-state index >= 15 is 0 Å². The number of aromatic carboxylic acids is 1. The van der Waals surface area contributed by atoms with Gasteiger partial charge in [-0.25, -0.2) is 9.18 Å². The Balaban J connectivity index is 1.94. The number of amides is 1. The number of hydrogen-bond donors (Lipinski definition) is 2. The lowest BCUT2D eigenvalue weighted by Crippen LogP contribution is -2.22. The number of halogens is 3. The third kappa shape index (κ3) is 3.28. The average Bonchev–Trinajstić information content (AvgIpc) is 3.01. The lowest BCUT2D eigenvalue weighted by Gasteiger charge is -2.24. The van der Waals surface area contributed by atoms with Crippen molar-refractivity contribution in [3.05, 3.63) is 73.6 Å². The zero-order chi connectivity index (χ0) is 20.0. The summed E-state index contributed by atoms with van der Waals surface area (Å²) in [5, 5.41) is 13.4. The summed E-state index contributed by atoms with van der Waals surface area (Å²) in [4.78, 5) is 25.1. The minimum atomic E-state index is -1.12. The SMILES string of the molecule is O=C1C[C@@H](c2ccc(Cl)cc2Cl)c2sc(C(=O)O)c(-c3ccc(F)cc3)c2N1. The summed E-state index contributed by atoms with van der Waals surface area (Å²) in [6, 6.07) is 10.5. The third-order valence-corrected chi connectivity index (χ3v) is 6.42. The smallest absolute Gasteiger partial charge is 0.346 e. The number of hydrogen-bond acceptors (Lipinski definition) is 3. The van der Waals surface area contributed by atoms with Crippen molar-refractivity contribution >= 4 is 52.1 Å². The molecule has 2 N–H and O–H groups in total. The zero-order valence-corrected chi connectivity index (χ0v) is 16.5. The minimum absolute atomic E-state index is 0.0777. The number of benzene rings is 2. The van der Waals surface area contributed by atoms with Crippen LogP contribution in [0.1, 0.15) is 32.5 Å². The number of anilines is 1. The number of carboxylic acid groups (broad SMARTS) is 1. The van der Waals surface area contributed by atoms with Crippen molar-refractivity contribution < 1.29 is 19.1 Å². The van der Waals surface area contributed by atoms with Gasteiger partial charge in [0, 0.05) is 32.8 Å². The van der Waals surface area contributed by atoms with Crippen molar-refractivity contribution in [3.63, 3.8) is 0 Å². The molecule has 0 unspecified atom stereocenters. The first-order valence-corrected chi connectivity index (χ1v) is 9.83. The number of carboxylic acids is 1. The van der Waals surface area contributed by atoms with Crippen LogP contribution in [-0.2, 0) is 4.79 Å². The Morgan fingerprint density at radius 2 is 1.89 bits per heavy atom. The molecule has 0 aliphatic carbocycles. The van der Waals surface area contributed by atoms with Gasteiger partial charge in [0.25, 0.3) is 0 Å². The summed E-state index contributed by atoms with van der Waals surface area (Å²) < 4.78 is 13.3. The predicted molar refractivity (Wildman–Crippen MR) is 108 cm³/mol. The molecule has 0 radical (unpaired) electrons. The van der Waals surface area contributed by atoms with Crippen LogP contribution in [0.4, 0.5) is 10.1 Å². The maximum absolute atomic E-state index is 13.3. The van der Waals surface area contributed by atoms with Crippen LogP contribution in [0.3, 0.4) is 0 Å². The summed E-state index contributed by atoms with van der Waals surface area (Å²) in [6.07, 6.45) is 0.136. The lowest BCUT2D eigenvalue weighted by atomic mass is 9.88. The fraction of sp³-hybridized carbons (Fsp3) is 0.100. The summed E-state index contributed by atoms with van der Waals surface area (Å²) in [6.45, 7) is 0. The first-order valence-electron chi connectivity index (χ1n) is 8.26. The van der Waals surface area contributed by atoms with E-state index in [4.69, 9.17) is 23.2 Å². The standard InChI is InChI=1S/C20H12Cl2FNO3S/c21-10-3-6-12(14(22)7-10)13-8-15(25)24-17-16(9-1-4-11(23)5-2-9)19(20(26)27)28-18(13)17/h1-7,13H,8H2,(H,24,25)(H,26,27)/t13-/m0/s1. The Kier molecular flexibility index (Phi) is 4.87. The molecular weight excluding hydrogens is 424 g/mol. The highest BCUT2D eigenvalue weighted by molar-refractivity contribution is 7.15. The number of carbonyl (C=O) groups is 2. The van der Waals surface area contributed by atoms with Gasteiger partial charge in [0.15, 0.2) is 0 Å². The Hall–Kier alpha value is -2.41. The number of nitrogens with one attached hydrogen (secondary N) is 1. The molecule has 1 aliphatic rings. The molecule has 0 fully saturated rings. The second-order valence-electron chi connectivity index (χ2n) is 6.33. The Morgan fingerprint density at radius 3 is 2.54 bits per heavy atom. The summed E-state index contributed by atoms with van der Waals surface area (Å²) in [5.74, 6) is -2.19. The maximum atomic E-state index is 13.3. The zero-order valence-electron chi connectivity index (χ0n) is 14.1. The first-order chi connectivity index (χ1) is 13.3. The maximum Gasteiger partial charge on any atom is 0.346 e. The predicted octanol–water partition coefficient (Wildman–Crippen LogP) is 6.03. The Bertz CT molecular complexity index is 1110. The largest absolute Gasteiger partial charge is 0.477 e. The second kappa shape index (κ2) is 7.20. The monoisotopic (exact) mass is 435 g/mol. The van der Waals surface area contributed by atoms with E-state index in [0.717, 1.165) is 11.3 Å². The highest BCUT2D eigenvalue weighted by Crippen LogP contribution is 2.50. The van der Waals surface area contributed by atoms with Crippen LogP contribution >= 0.6 is 34.5 Å². The molecule has 3 aromatic rings.